The minimum absolute atomic E-state index is 0.586. The number of aromatic nitrogens is 2. The molecule has 0 spiro atoms. The van der Waals surface area contributed by atoms with Crippen LogP contribution in [0.4, 0.5) is 0 Å². The highest BCUT2D eigenvalue weighted by Gasteiger charge is 2.14. The van der Waals surface area contributed by atoms with Crippen molar-refractivity contribution in [2.75, 3.05) is 6.54 Å². The largest absolute Gasteiger partial charge is 0.360 e. The fraction of sp³-hybridized carbons (Fsp3) is 0.533. The van der Waals surface area contributed by atoms with E-state index in [0.29, 0.717) is 12.1 Å². The second-order valence-corrected chi connectivity index (χ2v) is 5.39. The standard InChI is InChI=1S/C15H23N3/c1-11(2)18(12(3)4)9-7-13-10-17-14-6-5-8-16-15(13)14/h5-6,8,10-12,17H,7,9H2,1-4H3. The van der Waals surface area contributed by atoms with Gasteiger partial charge in [0.2, 0.25) is 0 Å². The van der Waals surface area contributed by atoms with E-state index < -0.39 is 0 Å². The maximum atomic E-state index is 4.46. The summed E-state index contributed by atoms with van der Waals surface area (Å²) in [6.07, 6.45) is 5.01. The van der Waals surface area contributed by atoms with Crippen molar-refractivity contribution in [1.82, 2.24) is 14.9 Å². The number of hydrogen-bond donors (Lipinski definition) is 1. The van der Waals surface area contributed by atoms with Crippen molar-refractivity contribution in [3.63, 3.8) is 0 Å². The maximum absolute atomic E-state index is 4.46. The molecule has 0 radical (unpaired) electrons. The predicted octanol–water partition coefficient (Wildman–Crippen LogP) is 3.22. The second kappa shape index (κ2) is 5.53. The molecule has 0 bridgehead atoms. The van der Waals surface area contributed by atoms with Crippen molar-refractivity contribution in [1.29, 1.82) is 0 Å². The van der Waals surface area contributed by atoms with Gasteiger partial charge in [0.05, 0.1) is 11.0 Å². The lowest BCUT2D eigenvalue weighted by Crippen LogP contribution is -2.38. The van der Waals surface area contributed by atoms with E-state index in [4.69, 9.17) is 0 Å². The highest BCUT2D eigenvalue weighted by molar-refractivity contribution is 5.78. The SMILES string of the molecule is CC(C)N(CCc1c[nH]c2cccnc12)C(C)C. The molecule has 3 nitrogen and oxygen atoms in total. The second-order valence-electron chi connectivity index (χ2n) is 5.39. The van der Waals surface area contributed by atoms with Gasteiger partial charge in [0.15, 0.2) is 0 Å². The van der Waals surface area contributed by atoms with E-state index in [1.807, 2.05) is 12.3 Å². The van der Waals surface area contributed by atoms with Gasteiger partial charge < -0.3 is 4.98 Å². The molecule has 0 atom stereocenters. The van der Waals surface area contributed by atoms with Crippen LogP contribution in [0.25, 0.3) is 11.0 Å². The van der Waals surface area contributed by atoms with Gasteiger partial charge in [-0.3, -0.25) is 9.88 Å². The smallest absolute Gasteiger partial charge is 0.0911 e. The molecular formula is C15H23N3. The van der Waals surface area contributed by atoms with Crippen molar-refractivity contribution in [2.24, 2.45) is 0 Å². The van der Waals surface area contributed by atoms with E-state index in [1.165, 1.54) is 5.56 Å². The lowest BCUT2D eigenvalue weighted by atomic mass is 10.1. The third-order valence-electron chi connectivity index (χ3n) is 3.48. The summed E-state index contributed by atoms with van der Waals surface area (Å²) in [5.74, 6) is 0. The van der Waals surface area contributed by atoms with E-state index in [-0.39, 0.29) is 0 Å². The summed E-state index contributed by atoms with van der Waals surface area (Å²) >= 11 is 0. The van der Waals surface area contributed by atoms with Gasteiger partial charge in [0.1, 0.15) is 0 Å². The summed E-state index contributed by atoms with van der Waals surface area (Å²) in [6.45, 7) is 10.1. The van der Waals surface area contributed by atoms with Crippen LogP contribution in [0.5, 0.6) is 0 Å². The van der Waals surface area contributed by atoms with E-state index in [2.05, 4.69) is 54.8 Å². The van der Waals surface area contributed by atoms with Crippen LogP contribution in [0.15, 0.2) is 24.5 Å². The molecule has 0 aliphatic rings. The van der Waals surface area contributed by atoms with Crippen molar-refractivity contribution in [3.8, 4) is 0 Å². The Kier molecular flexibility index (Phi) is 4.02. The molecule has 2 rings (SSSR count). The van der Waals surface area contributed by atoms with E-state index in [1.54, 1.807) is 0 Å². The molecule has 0 aliphatic heterocycles. The summed E-state index contributed by atoms with van der Waals surface area (Å²) in [7, 11) is 0. The van der Waals surface area contributed by atoms with Gasteiger partial charge in [-0.25, -0.2) is 0 Å². The average molecular weight is 245 g/mol. The first-order valence-electron chi connectivity index (χ1n) is 6.76. The Balaban J connectivity index is 2.10. The fourth-order valence-corrected chi connectivity index (χ4v) is 2.56. The summed E-state index contributed by atoms with van der Waals surface area (Å²) in [6, 6.07) is 5.22. The molecule has 2 heterocycles. The molecule has 2 aromatic rings. The van der Waals surface area contributed by atoms with Crippen LogP contribution in [0.3, 0.4) is 0 Å². The highest BCUT2D eigenvalue weighted by atomic mass is 15.2. The normalized spacial score (nSPS) is 12.2. The topological polar surface area (TPSA) is 31.9 Å². The van der Waals surface area contributed by atoms with Crippen molar-refractivity contribution >= 4 is 11.0 Å². The molecule has 0 aromatic carbocycles. The van der Waals surface area contributed by atoms with Crippen LogP contribution >= 0.6 is 0 Å². The minimum Gasteiger partial charge on any atom is -0.360 e. The number of aromatic amines is 1. The molecule has 0 aliphatic carbocycles. The number of rotatable bonds is 5. The quantitative estimate of drug-likeness (QED) is 0.877. The molecule has 0 saturated carbocycles. The first kappa shape index (κ1) is 13.1. The molecule has 98 valence electrons. The van der Waals surface area contributed by atoms with Crippen LogP contribution in [-0.2, 0) is 6.42 Å². The maximum Gasteiger partial charge on any atom is 0.0911 e. The summed E-state index contributed by atoms with van der Waals surface area (Å²) in [5.41, 5.74) is 3.56. The van der Waals surface area contributed by atoms with Crippen LogP contribution in [0.1, 0.15) is 33.3 Å². The van der Waals surface area contributed by atoms with Crippen molar-refractivity contribution in [3.05, 3.63) is 30.1 Å². The number of fused-ring (bicyclic) bond motifs is 1. The molecular weight excluding hydrogens is 222 g/mol. The molecule has 0 amide bonds. The number of pyridine rings is 1. The summed E-state index contributed by atoms with van der Waals surface area (Å²) < 4.78 is 0. The van der Waals surface area contributed by atoms with Crippen LogP contribution in [0, 0.1) is 0 Å². The van der Waals surface area contributed by atoms with E-state index in [9.17, 15) is 0 Å². The van der Waals surface area contributed by atoms with Crippen LogP contribution in [-0.4, -0.2) is 33.5 Å². The predicted molar refractivity (Wildman–Crippen MR) is 76.8 cm³/mol. The van der Waals surface area contributed by atoms with Crippen molar-refractivity contribution in [2.45, 2.75) is 46.2 Å². The monoisotopic (exact) mass is 245 g/mol. The third kappa shape index (κ3) is 2.72. The van der Waals surface area contributed by atoms with Crippen LogP contribution < -0.4 is 0 Å². The molecule has 0 saturated heterocycles. The molecule has 0 unspecified atom stereocenters. The summed E-state index contributed by atoms with van der Waals surface area (Å²) in [5, 5.41) is 0. The number of nitrogens with zero attached hydrogens (tertiary/aromatic N) is 2. The Labute approximate surface area is 109 Å². The van der Waals surface area contributed by atoms with Gasteiger partial charge in [-0.15, -0.1) is 0 Å². The van der Waals surface area contributed by atoms with Gasteiger partial charge >= 0.3 is 0 Å². The molecule has 2 aromatic heterocycles. The Bertz CT molecular complexity index is 491. The van der Waals surface area contributed by atoms with Gasteiger partial charge in [-0.05, 0) is 51.8 Å². The third-order valence-corrected chi connectivity index (χ3v) is 3.48. The zero-order chi connectivity index (χ0) is 13.1. The first-order chi connectivity index (χ1) is 8.59. The van der Waals surface area contributed by atoms with Gasteiger partial charge in [0.25, 0.3) is 0 Å². The first-order valence-corrected chi connectivity index (χ1v) is 6.76. The Morgan fingerprint density at radius 1 is 1.22 bits per heavy atom. The number of H-pyrrole nitrogens is 1. The Morgan fingerprint density at radius 3 is 2.61 bits per heavy atom. The average Bonchev–Trinajstić information content (AvgIpc) is 2.72. The fourth-order valence-electron chi connectivity index (χ4n) is 2.56. The van der Waals surface area contributed by atoms with Gasteiger partial charge in [-0.2, -0.15) is 0 Å². The Morgan fingerprint density at radius 2 is 1.94 bits per heavy atom. The lowest BCUT2D eigenvalue weighted by molar-refractivity contribution is 0.177. The highest BCUT2D eigenvalue weighted by Crippen LogP contribution is 2.16. The van der Waals surface area contributed by atoms with E-state index in [0.717, 1.165) is 24.0 Å². The molecule has 18 heavy (non-hydrogen) atoms. The number of nitrogens with one attached hydrogen (secondary N) is 1. The summed E-state index contributed by atoms with van der Waals surface area (Å²) in [4.78, 5) is 10.3. The Hall–Kier alpha value is -1.35. The zero-order valence-electron chi connectivity index (χ0n) is 11.8. The van der Waals surface area contributed by atoms with Gasteiger partial charge in [-0.1, -0.05) is 0 Å². The molecule has 1 N–H and O–H groups in total. The lowest BCUT2D eigenvalue weighted by Gasteiger charge is -2.30. The minimum atomic E-state index is 0.586. The van der Waals surface area contributed by atoms with E-state index >= 15 is 0 Å². The van der Waals surface area contributed by atoms with Gasteiger partial charge in [0, 0.05) is 31.0 Å². The van der Waals surface area contributed by atoms with Crippen molar-refractivity contribution < 1.29 is 0 Å². The molecule has 0 fully saturated rings. The number of hydrogen-bond acceptors (Lipinski definition) is 2. The zero-order valence-corrected chi connectivity index (χ0v) is 11.8. The van der Waals surface area contributed by atoms with Crippen LogP contribution in [0.2, 0.25) is 0 Å². The molecule has 3 heteroatoms.